The Morgan fingerprint density at radius 2 is 2.14 bits per heavy atom. The van der Waals surface area contributed by atoms with Crippen molar-refractivity contribution in [2.75, 3.05) is 32.9 Å². The van der Waals surface area contributed by atoms with Crippen LogP contribution in [0.3, 0.4) is 0 Å². The molecule has 0 radical (unpaired) electrons. The fraction of sp³-hybridized carbons (Fsp3) is 0.524. The average Bonchev–Trinajstić information content (AvgIpc) is 3.41. The van der Waals surface area contributed by atoms with Gasteiger partial charge in [0, 0.05) is 45.2 Å². The van der Waals surface area contributed by atoms with Crippen LogP contribution in [0.25, 0.3) is 0 Å². The Kier molecular flexibility index (Phi) is 8.33. The van der Waals surface area contributed by atoms with Crippen molar-refractivity contribution in [2.45, 2.75) is 39.0 Å². The minimum absolute atomic E-state index is 0.277. The van der Waals surface area contributed by atoms with Crippen LogP contribution in [0.4, 0.5) is 0 Å². The fourth-order valence-corrected chi connectivity index (χ4v) is 3.03. The minimum Gasteiger partial charge on any atom is -0.379 e. The number of benzene rings is 1. The van der Waals surface area contributed by atoms with Crippen LogP contribution in [-0.4, -0.2) is 54.5 Å². The van der Waals surface area contributed by atoms with Crippen LogP contribution in [-0.2, 0) is 22.6 Å². The van der Waals surface area contributed by atoms with E-state index in [4.69, 9.17) is 9.47 Å². The molecule has 1 fully saturated rings. The number of nitrogens with one attached hydrogen (secondary N) is 2. The van der Waals surface area contributed by atoms with E-state index in [0.29, 0.717) is 6.54 Å². The van der Waals surface area contributed by atoms with E-state index in [1.54, 1.807) is 6.20 Å². The summed E-state index contributed by atoms with van der Waals surface area (Å²) < 4.78 is 13.2. The van der Waals surface area contributed by atoms with Gasteiger partial charge in [0.1, 0.15) is 0 Å². The minimum atomic E-state index is 0.277. The summed E-state index contributed by atoms with van der Waals surface area (Å²) in [7, 11) is 0. The second kappa shape index (κ2) is 11.5. The Morgan fingerprint density at radius 1 is 1.29 bits per heavy atom. The number of guanidine groups is 1. The van der Waals surface area contributed by atoms with E-state index in [1.165, 1.54) is 11.1 Å². The van der Waals surface area contributed by atoms with E-state index < -0.39 is 0 Å². The first-order chi connectivity index (χ1) is 13.8. The van der Waals surface area contributed by atoms with Gasteiger partial charge < -0.3 is 24.7 Å². The van der Waals surface area contributed by atoms with Crippen molar-refractivity contribution in [1.29, 1.82) is 0 Å². The van der Waals surface area contributed by atoms with Crippen LogP contribution in [0.15, 0.2) is 48.0 Å². The highest BCUT2D eigenvalue weighted by Crippen LogP contribution is 2.08. The molecule has 1 saturated heterocycles. The van der Waals surface area contributed by atoms with Crippen molar-refractivity contribution in [2.24, 2.45) is 4.99 Å². The van der Waals surface area contributed by atoms with Crippen molar-refractivity contribution < 1.29 is 9.47 Å². The van der Waals surface area contributed by atoms with Gasteiger partial charge in [0.05, 0.1) is 25.6 Å². The smallest absolute Gasteiger partial charge is 0.191 e. The zero-order chi connectivity index (χ0) is 19.4. The van der Waals surface area contributed by atoms with Gasteiger partial charge in [-0.2, -0.15) is 0 Å². The molecule has 1 aliphatic heterocycles. The Bertz CT molecular complexity index is 694. The van der Waals surface area contributed by atoms with Crippen LogP contribution in [0, 0.1) is 0 Å². The lowest BCUT2D eigenvalue weighted by atomic mass is 10.1. The van der Waals surface area contributed by atoms with Crippen molar-refractivity contribution in [3.05, 3.63) is 54.1 Å². The number of imidazole rings is 1. The SMILES string of the molecule is CCNC(=NCc1ccc(Cn2ccnc2)cc1)NCCCOC1CCOC1. The van der Waals surface area contributed by atoms with E-state index in [-0.39, 0.29) is 6.10 Å². The van der Waals surface area contributed by atoms with Gasteiger partial charge in [0.25, 0.3) is 0 Å². The molecule has 3 rings (SSSR count). The standard InChI is InChI=1S/C21H31N5O2/c1-2-23-21(24-9-3-12-28-20-8-13-27-16-20)25-14-18-4-6-19(7-5-18)15-26-11-10-22-17-26/h4-7,10-11,17,20H,2-3,8-9,12-16H2,1H3,(H2,23,24,25). The van der Waals surface area contributed by atoms with Crippen LogP contribution in [0.2, 0.25) is 0 Å². The van der Waals surface area contributed by atoms with Crippen molar-refractivity contribution in [3.63, 3.8) is 0 Å². The Morgan fingerprint density at radius 3 is 2.86 bits per heavy atom. The maximum atomic E-state index is 5.79. The van der Waals surface area contributed by atoms with Gasteiger partial charge in [0.15, 0.2) is 5.96 Å². The highest BCUT2D eigenvalue weighted by Gasteiger charge is 2.15. The molecule has 2 aromatic rings. The van der Waals surface area contributed by atoms with Crippen molar-refractivity contribution >= 4 is 5.96 Å². The topological polar surface area (TPSA) is 72.7 Å². The molecule has 1 atom stereocenters. The quantitative estimate of drug-likeness (QED) is 0.373. The van der Waals surface area contributed by atoms with Gasteiger partial charge in [-0.3, -0.25) is 0 Å². The second-order valence-corrected chi connectivity index (χ2v) is 6.88. The summed E-state index contributed by atoms with van der Waals surface area (Å²) in [6.45, 7) is 7.54. The number of aromatic nitrogens is 2. The first-order valence-corrected chi connectivity index (χ1v) is 10.1. The molecule has 1 unspecified atom stereocenters. The molecule has 28 heavy (non-hydrogen) atoms. The number of aliphatic imine (C=N–C) groups is 1. The van der Waals surface area contributed by atoms with E-state index >= 15 is 0 Å². The molecule has 0 spiro atoms. The highest BCUT2D eigenvalue weighted by molar-refractivity contribution is 5.79. The zero-order valence-electron chi connectivity index (χ0n) is 16.6. The maximum absolute atomic E-state index is 5.79. The lowest BCUT2D eigenvalue weighted by molar-refractivity contribution is 0.0420. The average molecular weight is 386 g/mol. The molecule has 7 heteroatoms. The number of hydrogen-bond acceptors (Lipinski definition) is 4. The van der Waals surface area contributed by atoms with Crippen molar-refractivity contribution in [3.8, 4) is 0 Å². The number of rotatable bonds is 10. The van der Waals surface area contributed by atoms with E-state index in [9.17, 15) is 0 Å². The molecule has 0 aliphatic carbocycles. The third-order valence-corrected chi connectivity index (χ3v) is 4.57. The fourth-order valence-electron chi connectivity index (χ4n) is 3.03. The monoisotopic (exact) mass is 385 g/mol. The molecular weight excluding hydrogens is 354 g/mol. The third-order valence-electron chi connectivity index (χ3n) is 4.57. The summed E-state index contributed by atoms with van der Waals surface area (Å²) in [5, 5.41) is 6.67. The largest absolute Gasteiger partial charge is 0.379 e. The first-order valence-electron chi connectivity index (χ1n) is 10.1. The molecule has 0 amide bonds. The van der Waals surface area contributed by atoms with Gasteiger partial charge in [-0.15, -0.1) is 0 Å². The zero-order valence-corrected chi connectivity index (χ0v) is 16.6. The summed E-state index contributed by atoms with van der Waals surface area (Å²) >= 11 is 0. The molecule has 2 N–H and O–H groups in total. The third kappa shape index (κ3) is 6.98. The van der Waals surface area contributed by atoms with Gasteiger partial charge in [-0.25, -0.2) is 9.98 Å². The lowest BCUT2D eigenvalue weighted by Gasteiger charge is -2.13. The Hall–Kier alpha value is -2.38. The molecule has 7 nitrogen and oxygen atoms in total. The normalized spacial score (nSPS) is 17.0. The Balaban J connectivity index is 1.40. The summed E-state index contributed by atoms with van der Waals surface area (Å²) in [5.74, 6) is 0.842. The molecule has 0 bridgehead atoms. The number of ether oxygens (including phenoxy) is 2. The first kappa shape index (κ1) is 20.4. The van der Waals surface area contributed by atoms with Gasteiger partial charge in [0.2, 0.25) is 0 Å². The van der Waals surface area contributed by atoms with Gasteiger partial charge in [-0.1, -0.05) is 24.3 Å². The predicted octanol–water partition coefficient (Wildman–Crippen LogP) is 2.18. The highest BCUT2D eigenvalue weighted by atomic mass is 16.5. The van der Waals surface area contributed by atoms with E-state index in [0.717, 1.165) is 58.3 Å². The number of nitrogens with zero attached hydrogens (tertiary/aromatic N) is 3. The predicted molar refractivity (Wildman–Crippen MR) is 110 cm³/mol. The summed E-state index contributed by atoms with van der Waals surface area (Å²) in [6, 6.07) is 8.57. The van der Waals surface area contributed by atoms with Crippen LogP contribution >= 0.6 is 0 Å². The van der Waals surface area contributed by atoms with E-state index in [2.05, 4.69) is 56.4 Å². The lowest BCUT2D eigenvalue weighted by Crippen LogP contribution is -2.38. The number of hydrogen-bond donors (Lipinski definition) is 2. The second-order valence-electron chi connectivity index (χ2n) is 6.88. The summed E-state index contributed by atoms with van der Waals surface area (Å²) in [5.41, 5.74) is 2.44. The molecule has 0 saturated carbocycles. The van der Waals surface area contributed by atoms with Crippen LogP contribution in [0.1, 0.15) is 30.9 Å². The summed E-state index contributed by atoms with van der Waals surface area (Å²) in [4.78, 5) is 8.76. The molecule has 1 aromatic carbocycles. The van der Waals surface area contributed by atoms with Gasteiger partial charge in [-0.05, 0) is 30.9 Å². The van der Waals surface area contributed by atoms with Crippen LogP contribution < -0.4 is 10.6 Å². The molecule has 1 aliphatic rings. The van der Waals surface area contributed by atoms with Crippen molar-refractivity contribution in [1.82, 2.24) is 20.2 Å². The molecular formula is C21H31N5O2. The Labute approximate surface area is 167 Å². The maximum Gasteiger partial charge on any atom is 0.191 e. The van der Waals surface area contributed by atoms with E-state index in [1.807, 2.05) is 12.5 Å². The molecule has 152 valence electrons. The van der Waals surface area contributed by atoms with Crippen LogP contribution in [0.5, 0.6) is 0 Å². The summed E-state index contributed by atoms with van der Waals surface area (Å²) in [6.07, 6.45) is 7.84. The molecule has 2 heterocycles. The van der Waals surface area contributed by atoms with Gasteiger partial charge >= 0.3 is 0 Å². The molecule has 1 aromatic heterocycles.